The first kappa shape index (κ1) is 19.5. The maximum absolute atomic E-state index is 7.03. The molecule has 0 saturated heterocycles. The summed E-state index contributed by atoms with van der Waals surface area (Å²) in [6.45, 7) is 0. The number of anilines is 1. The van der Waals surface area contributed by atoms with E-state index in [2.05, 4.69) is 77.4 Å². The first-order valence-corrected chi connectivity index (χ1v) is 10.4. The van der Waals surface area contributed by atoms with E-state index in [4.69, 9.17) is 16.6 Å². The number of allylic oxidation sites excluding steroid dienone is 4. The number of nitrogens with one attached hydrogen (secondary N) is 2. The van der Waals surface area contributed by atoms with Crippen molar-refractivity contribution in [3.8, 4) is 5.69 Å². The Morgan fingerprint density at radius 1 is 0.531 bits per heavy atom. The zero-order valence-corrected chi connectivity index (χ0v) is 17.4. The Morgan fingerprint density at radius 3 is 1.53 bits per heavy atom. The number of nitrogens with two attached hydrogens (primary N) is 1. The molecule has 0 radical (unpaired) electrons. The Morgan fingerprint density at radius 2 is 1.00 bits per heavy atom. The molecule has 0 atom stereocenters. The number of rotatable bonds is 1. The smallest absolute Gasteiger partial charge is 0.0789 e. The second kappa shape index (κ2) is 8.00. The van der Waals surface area contributed by atoms with Crippen molar-refractivity contribution >= 4 is 49.7 Å². The van der Waals surface area contributed by atoms with Gasteiger partial charge >= 0.3 is 0 Å². The van der Waals surface area contributed by atoms with Gasteiger partial charge in [0.1, 0.15) is 0 Å². The molecule has 4 aromatic carbocycles. The Bertz CT molecular complexity index is 1490. The molecule has 32 heavy (non-hydrogen) atoms. The topological polar surface area (TPSA) is 78.7 Å². The summed E-state index contributed by atoms with van der Waals surface area (Å²) >= 11 is 0. The molecule has 0 amide bonds. The van der Waals surface area contributed by atoms with Crippen LogP contribution in [0, 0.1) is 10.8 Å². The first-order chi connectivity index (χ1) is 15.6. The molecule has 0 fully saturated rings. The van der Waals surface area contributed by atoms with E-state index in [1.807, 2.05) is 12.1 Å². The average molecular weight is 415 g/mol. The Hall–Kier alpha value is -4.44. The molecule has 154 valence electrons. The van der Waals surface area contributed by atoms with Gasteiger partial charge in [-0.1, -0.05) is 72.8 Å². The third kappa shape index (κ3) is 3.28. The molecular weight excluding hydrogens is 392 g/mol. The lowest BCUT2D eigenvalue weighted by molar-refractivity contribution is 1.20. The number of hydrogen-bond acceptors (Lipinski definition) is 3. The van der Waals surface area contributed by atoms with Crippen molar-refractivity contribution in [2.24, 2.45) is 0 Å². The lowest BCUT2D eigenvalue weighted by Crippen LogP contribution is -2.06. The van der Waals surface area contributed by atoms with Crippen molar-refractivity contribution in [3.63, 3.8) is 0 Å². The Labute approximate surface area is 185 Å². The summed E-state index contributed by atoms with van der Waals surface area (Å²) in [5, 5.41) is 18.9. The predicted molar refractivity (Wildman–Crippen MR) is 136 cm³/mol. The molecule has 4 nitrogen and oxygen atoms in total. The molecule has 0 aliphatic heterocycles. The molecule has 1 aliphatic rings. The van der Waals surface area contributed by atoms with E-state index < -0.39 is 0 Å². The number of nitrogen functional groups attached to an aromatic ring is 1. The number of nitrogens with zero attached hydrogens (tertiary/aromatic N) is 1. The number of fused-ring (bicyclic) bond motifs is 4. The van der Waals surface area contributed by atoms with Gasteiger partial charge in [-0.2, -0.15) is 0 Å². The maximum atomic E-state index is 7.03. The number of para-hydroxylation sites is 2. The fourth-order valence-electron chi connectivity index (χ4n) is 4.17. The zero-order chi connectivity index (χ0) is 22.1. The minimum Gasteiger partial charge on any atom is -0.398 e. The molecule has 1 aromatic heterocycles. The lowest BCUT2D eigenvalue weighted by Gasteiger charge is -2.12. The quantitative estimate of drug-likeness (QED) is 0.208. The van der Waals surface area contributed by atoms with E-state index in [1.165, 1.54) is 27.2 Å². The van der Waals surface area contributed by atoms with Crippen molar-refractivity contribution < 1.29 is 0 Å². The van der Waals surface area contributed by atoms with Crippen LogP contribution in [0.5, 0.6) is 0 Å². The van der Waals surface area contributed by atoms with Crippen LogP contribution >= 0.6 is 0 Å². The van der Waals surface area contributed by atoms with Gasteiger partial charge in [0.25, 0.3) is 0 Å². The van der Waals surface area contributed by atoms with Gasteiger partial charge in [-0.3, -0.25) is 10.8 Å². The van der Waals surface area contributed by atoms with Gasteiger partial charge in [-0.05, 0) is 36.4 Å². The number of aromatic nitrogens is 1. The van der Waals surface area contributed by atoms with E-state index in [9.17, 15) is 0 Å². The van der Waals surface area contributed by atoms with E-state index in [0.29, 0.717) is 0 Å². The van der Waals surface area contributed by atoms with Crippen LogP contribution in [0.2, 0.25) is 0 Å². The SMILES string of the molecule is N=C1C=CC=CC1=N.Nc1ccc(-n2c3ccccc3c3ccccc32)c2ccccc12. The molecule has 5 aromatic rings. The van der Waals surface area contributed by atoms with Crippen molar-refractivity contribution in [3.05, 3.63) is 109 Å². The molecule has 0 spiro atoms. The van der Waals surface area contributed by atoms with Crippen LogP contribution in [-0.2, 0) is 0 Å². The molecular formula is C28H22N4. The minimum atomic E-state index is 0.285. The molecule has 4 heteroatoms. The normalized spacial score (nSPS) is 13.0. The van der Waals surface area contributed by atoms with Gasteiger partial charge in [0.05, 0.1) is 28.1 Å². The standard InChI is InChI=1S/C22H16N2.C6H6N2/c23-19-13-14-22(16-8-2-1-7-15(16)19)24-20-11-5-3-9-17(20)18-10-4-6-12-21(18)24;7-5-3-1-2-4-6(5)8/h1-14H,23H2;1-4,7-8H. The van der Waals surface area contributed by atoms with E-state index in [0.717, 1.165) is 16.8 Å². The fraction of sp³-hybridized carbons (Fsp3) is 0. The first-order valence-electron chi connectivity index (χ1n) is 10.4. The zero-order valence-electron chi connectivity index (χ0n) is 17.4. The van der Waals surface area contributed by atoms with Crippen LogP contribution < -0.4 is 5.73 Å². The highest BCUT2D eigenvalue weighted by Crippen LogP contribution is 2.35. The average Bonchev–Trinajstić information content (AvgIpc) is 3.17. The third-order valence-electron chi connectivity index (χ3n) is 5.68. The summed E-state index contributed by atoms with van der Waals surface area (Å²) < 4.78 is 2.34. The molecule has 1 heterocycles. The van der Waals surface area contributed by atoms with Gasteiger partial charge in [-0.25, -0.2) is 0 Å². The predicted octanol–water partition coefficient (Wildman–Crippen LogP) is 6.67. The second-order valence-corrected chi connectivity index (χ2v) is 7.63. The highest BCUT2D eigenvalue weighted by atomic mass is 15.0. The van der Waals surface area contributed by atoms with Gasteiger partial charge in [0.2, 0.25) is 0 Å². The van der Waals surface area contributed by atoms with Crippen LogP contribution in [-0.4, -0.2) is 16.0 Å². The van der Waals surface area contributed by atoms with Crippen LogP contribution in [0.3, 0.4) is 0 Å². The van der Waals surface area contributed by atoms with Gasteiger partial charge in [0, 0.05) is 27.2 Å². The Balaban J connectivity index is 0.000000230. The summed E-state index contributed by atoms with van der Waals surface area (Å²) in [6.07, 6.45) is 6.70. The molecule has 0 unspecified atom stereocenters. The van der Waals surface area contributed by atoms with Gasteiger partial charge < -0.3 is 10.3 Å². The molecule has 0 saturated carbocycles. The molecule has 4 N–H and O–H groups in total. The molecule has 1 aliphatic carbocycles. The number of hydrogen-bond donors (Lipinski definition) is 3. The number of benzene rings is 4. The van der Waals surface area contributed by atoms with E-state index in [-0.39, 0.29) is 11.4 Å². The highest BCUT2D eigenvalue weighted by Gasteiger charge is 2.13. The summed E-state index contributed by atoms with van der Waals surface area (Å²) in [5.41, 5.74) is 11.2. The summed E-state index contributed by atoms with van der Waals surface area (Å²) in [4.78, 5) is 0. The summed E-state index contributed by atoms with van der Waals surface area (Å²) in [7, 11) is 0. The lowest BCUT2D eigenvalue weighted by atomic mass is 10.1. The minimum absolute atomic E-state index is 0.285. The summed E-state index contributed by atoms with van der Waals surface area (Å²) in [5.74, 6) is 0. The summed E-state index contributed by atoms with van der Waals surface area (Å²) in [6, 6.07) is 29.6. The largest absolute Gasteiger partial charge is 0.398 e. The van der Waals surface area contributed by atoms with Crippen molar-refractivity contribution in [2.45, 2.75) is 0 Å². The van der Waals surface area contributed by atoms with Gasteiger partial charge in [0.15, 0.2) is 0 Å². The second-order valence-electron chi connectivity index (χ2n) is 7.63. The molecule has 6 rings (SSSR count). The fourth-order valence-corrected chi connectivity index (χ4v) is 4.17. The molecule has 0 bridgehead atoms. The van der Waals surface area contributed by atoms with Crippen molar-refractivity contribution in [2.75, 3.05) is 5.73 Å². The van der Waals surface area contributed by atoms with Crippen LogP contribution in [0.1, 0.15) is 0 Å². The third-order valence-corrected chi connectivity index (χ3v) is 5.68. The van der Waals surface area contributed by atoms with E-state index in [1.54, 1.807) is 24.3 Å². The monoisotopic (exact) mass is 414 g/mol. The van der Waals surface area contributed by atoms with Crippen molar-refractivity contribution in [1.82, 2.24) is 4.57 Å². The highest BCUT2D eigenvalue weighted by molar-refractivity contribution is 6.48. The van der Waals surface area contributed by atoms with Crippen molar-refractivity contribution in [1.29, 1.82) is 10.8 Å². The van der Waals surface area contributed by atoms with Crippen LogP contribution in [0.4, 0.5) is 5.69 Å². The maximum Gasteiger partial charge on any atom is 0.0789 e. The van der Waals surface area contributed by atoms with Crippen LogP contribution in [0.25, 0.3) is 38.3 Å². The Kier molecular flexibility index (Phi) is 4.88. The van der Waals surface area contributed by atoms with Gasteiger partial charge in [-0.15, -0.1) is 0 Å². The van der Waals surface area contributed by atoms with Crippen LogP contribution in [0.15, 0.2) is 109 Å². The van der Waals surface area contributed by atoms with E-state index >= 15 is 0 Å².